The average molecular weight is 427 g/mol. The number of nitrogens with two attached hydrogens (primary N) is 1. The molecule has 0 aliphatic carbocycles. The molecule has 0 saturated carbocycles. The normalized spacial score (nSPS) is 11.5. The molecule has 2 aromatic carbocycles. The van der Waals surface area contributed by atoms with Gasteiger partial charge in [-0.1, -0.05) is 41.9 Å². The Bertz CT molecular complexity index is 1190. The molecule has 2 heterocycles. The Balaban J connectivity index is 1.84. The first-order valence-electron chi connectivity index (χ1n) is 8.83. The number of rotatable bonds is 3. The van der Waals surface area contributed by atoms with Gasteiger partial charge in [-0.3, -0.25) is 0 Å². The first-order valence-corrected chi connectivity index (χ1v) is 9.21. The second kappa shape index (κ2) is 7.76. The third-order valence-electron chi connectivity index (χ3n) is 4.46. The van der Waals surface area contributed by atoms with Crippen molar-refractivity contribution >= 4 is 17.5 Å². The van der Waals surface area contributed by atoms with Gasteiger partial charge in [0, 0.05) is 28.5 Å². The van der Waals surface area contributed by atoms with Crippen LogP contribution in [0.15, 0.2) is 73.1 Å². The largest absolute Gasteiger partial charge is 0.433 e. The molecule has 0 amide bonds. The predicted molar refractivity (Wildman–Crippen MR) is 111 cm³/mol. The molecule has 0 unspecified atom stereocenters. The van der Waals surface area contributed by atoms with Crippen molar-refractivity contribution in [2.24, 2.45) is 0 Å². The van der Waals surface area contributed by atoms with Gasteiger partial charge >= 0.3 is 6.18 Å². The van der Waals surface area contributed by atoms with E-state index in [1.54, 1.807) is 60.9 Å². The van der Waals surface area contributed by atoms with Gasteiger partial charge in [-0.25, -0.2) is 15.0 Å². The number of hydrogen-bond donors (Lipinski definition) is 1. The first kappa shape index (κ1) is 19.8. The van der Waals surface area contributed by atoms with Crippen LogP contribution in [0.1, 0.15) is 5.69 Å². The standard InChI is InChI=1S/C22H14ClF3N4/c23-18-6-4-13(5-7-18)16-9-19(30-20(10-16)22(24,25)26)15-3-1-2-14(8-15)17-11-28-21(27)29-12-17/h1-12H,(H2,27,28,29). The van der Waals surface area contributed by atoms with Gasteiger partial charge in [0.25, 0.3) is 0 Å². The fourth-order valence-electron chi connectivity index (χ4n) is 2.98. The molecule has 0 spiro atoms. The van der Waals surface area contributed by atoms with E-state index < -0.39 is 11.9 Å². The zero-order chi connectivity index (χ0) is 21.3. The molecular formula is C22H14ClF3N4. The maximum Gasteiger partial charge on any atom is 0.433 e. The van der Waals surface area contributed by atoms with Gasteiger partial charge in [-0.2, -0.15) is 13.2 Å². The molecule has 0 saturated heterocycles. The van der Waals surface area contributed by atoms with Crippen LogP contribution in [-0.4, -0.2) is 15.0 Å². The van der Waals surface area contributed by atoms with Crippen molar-refractivity contribution in [2.75, 3.05) is 5.73 Å². The summed E-state index contributed by atoms with van der Waals surface area (Å²) in [4.78, 5) is 11.8. The van der Waals surface area contributed by atoms with Crippen molar-refractivity contribution in [1.29, 1.82) is 0 Å². The summed E-state index contributed by atoms with van der Waals surface area (Å²) in [5.41, 5.74) is 7.71. The zero-order valence-electron chi connectivity index (χ0n) is 15.4. The molecule has 150 valence electrons. The van der Waals surface area contributed by atoms with Crippen LogP contribution in [0.5, 0.6) is 0 Å². The maximum atomic E-state index is 13.5. The molecule has 0 bridgehead atoms. The van der Waals surface area contributed by atoms with Crippen molar-refractivity contribution in [3.05, 3.63) is 83.8 Å². The number of benzene rings is 2. The number of aromatic nitrogens is 3. The second-order valence-electron chi connectivity index (χ2n) is 6.54. The minimum Gasteiger partial charge on any atom is -0.368 e. The lowest BCUT2D eigenvalue weighted by Crippen LogP contribution is -2.09. The first-order chi connectivity index (χ1) is 14.3. The highest BCUT2D eigenvalue weighted by Crippen LogP contribution is 2.35. The molecular weight excluding hydrogens is 413 g/mol. The number of alkyl halides is 3. The lowest BCUT2D eigenvalue weighted by Gasteiger charge is -2.13. The SMILES string of the molecule is Nc1ncc(-c2cccc(-c3cc(-c4ccc(Cl)cc4)cc(C(F)(F)F)n3)c2)cn1. The maximum absolute atomic E-state index is 13.5. The molecule has 0 aliphatic rings. The molecule has 2 N–H and O–H groups in total. The van der Waals surface area contributed by atoms with E-state index in [4.69, 9.17) is 17.3 Å². The summed E-state index contributed by atoms with van der Waals surface area (Å²) >= 11 is 5.91. The van der Waals surface area contributed by atoms with E-state index >= 15 is 0 Å². The summed E-state index contributed by atoms with van der Waals surface area (Å²) in [6, 6.07) is 16.3. The molecule has 8 heteroatoms. The second-order valence-corrected chi connectivity index (χ2v) is 6.98. The van der Waals surface area contributed by atoms with Crippen LogP contribution in [0.2, 0.25) is 5.02 Å². The summed E-state index contributed by atoms with van der Waals surface area (Å²) in [7, 11) is 0. The Kier molecular flexibility index (Phi) is 5.13. The van der Waals surface area contributed by atoms with Gasteiger partial charge in [0.1, 0.15) is 5.69 Å². The van der Waals surface area contributed by atoms with Gasteiger partial charge in [-0.15, -0.1) is 0 Å². The van der Waals surface area contributed by atoms with Gasteiger partial charge < -0.3 is 5.73 Å². The van der Waals surface area contributed by atoms with E-state index in [0.717, 1.165) is 11.6 Å². The quantitative estimate of drug-likeness (QED) is 0.428. The van der Waals surface area contributed by atoms with E-state index in [1.807, 2.05) is 6.07 Å². The van der Waals surface area contributed by atoms with Crippen LogP contribution < -0.4 is 5.73 Å². The summed E-state index contributed by atoms with van der Waals surface area (Å²) in [6.45, 7) is 0. The summed E-state index contributed by atoms with van der Waals surface area (Å²) < 4.78 is 40.5. The predicted octanol–water partition coefficient (Wildman–Crippen LogP) is 6.13. The molecule has 30 heavy (non-hydrogen) atoms. The Morgan fingerprint density at radius 2 is 1.40 bits per heavy atom. The molecule has 0 atom stereocenters. The fourth-order valence-corrected chi connectivity index (χ4v) is 3.10. The Morgan fingerprint density at radius 3 is 2.07 bits per heavy atom. The van der Waals surface area contributed by atoms with Crippen LogP contribution in [0.3, 0.4) is 0 Å². The highest BCUT2D eigenvalue weighted by Gasteiger charge is 2.33. The van der Waals surface area contributed by atoms with E-state index in [9.17, 15) is 13.2 Å². The number of pyridine rings is 1. The van der Waals surface area contributed by atoms with Crippen molar-refractivity contribution in [3.63, 3.8) is 0 Å². The van der Waals surface area contributed by atoms with E-state index in [0.29, 0.717) is 27.3 Å². The van der Waals surface area contributed by atoms with Crippen LogP contribution in [0, 0.1) is 0 Å². The van der Waals surface area contributed by atoms with Gasteiger partial charge in [0.05, 0.1) is 5.69 Å². The Hall–Kier alpha value is -3.45. The summed E-state index contributed by atoms with van der Waals surface area (Å²) in [5.74, 6) is 0.141. The van der Waals surface area contributed by atoms with Gasteiger partial charge in [0.2, 0.25) is 5.95 Å². The third-order valence-corrected chi connectivity index (χ3v) is 4.71. The van der Waals surface area contributed by atoms with Crippen molar-refractivity contribution in [2.45, 2.75) is 6.18 Å². The molecule has 4 nitrogen and oxygen atoms in total. The number of nitrogen functional groups attached to an aromatic ring is 1. The van der Waals surface area contributed by atoms with Crippen molar-refractivity contribution < 1.29 is 13.2 Å². The average Bonchev–Trinajstić information content (AvgIpc) is 2.74. The highest BCUT2D eigenvalue weighted by molar-refractivity contribution is 6.30. The summed E-state index contributed by atoms with van der Waals surface area (Å²) in [5, 5.41) is 0.502. The van der Waals surface area contributed by atoms with E-state index in [2.05, 4.69) is 15.0 Å². The lowest BCUT2D eigenvalue weighted by molar-refractivity contribution is -0.141. The lowest BCUT2D eigenvalue weighted by atomic mass is 10.00. The van der Waals surface area contributed by atoms with Gasteiger partial charge in [0.15, 0.2) is 0 Å². The molecule has 4 aromatic rings. The number of hydrogen-bond acceptors (Lipinski definition) is 4. The van der Waals surface area contributed by atoms with E-state index in [-0.39, 0.29) is 11.6 Å². The number of nitrogens with zero attached hydrogens (tertiary/aromatic N) is 3. The Labute approximate surface area is 175 Å². The minimum atomic E-state index is -4.58. The third kappa shape index (κ3) is 4.26. The smallest absolute Gasteiger partial charge is 0.368 e. The fraction of sp³-hybridized carbons (Fsp3) is 0.0455. The molecule has 0 fully saturated rings. The van der Waals surface area contributed by atoms with Crippen LogP contribution in [0.25, 0.3) is 33.5 Å². The van der Waals surface area contributed by atoms with Crippen molar-refractivity contribution in [3.8, 4) is 33.5 Å². The molecule has 4 rings (SSSR count). The molecule has 0 aliphatic heterocycles. The van der Waals surface area contributed by atoms with Gasteiger partial charge in [-0.05, 0) is 47.0 Å². The van der Waals surface area contributed by atoms with E-state index in [1.165, 1.54) is 0 Å². The van der Waals surface area contributed by atoms with Crippen molar-refractivity contribution in [1.82, 2.24) is 15.0 Å². The number of anilines is 1. The van der Waals surface area contributed by atoms with Crippen LogP contribution in [-0.2, 0) is 6.18 Å². The summed E-state index contributed by atoms with van der Waals surface area (Å²) in [6.07, 6.45) is -1.47. The minimum absolute atomic E-state index is 0.141. The zero-order valence-corrected chi connectivity index (χ0v) is 16.1. The Morgan fingerprint density at radius 1 is 0.733 bits per heavy atom. The topological polar surface area (TPSA) is 64.7 Å². The molecule has 0 radical (unpaired) electrons. The van der Waals surface area contributed by atoms with Crippen LogP contribution >= 0.6 is 11.6 Å². The highest BCUT2D eigenvalue weighted by atomic mass is 35.5. The van der Waals surface area contributed by atoms with Crippen LogP contribution in [0.4, 0.5) is 19.1 Å². The number of halogens is 4. The molecule has 2 aromatic heterocycles. The monoisotopic (exact) mass is 426 g/mol.